The summed E-state index contributed by atoms with van der Waals surface area (Å²) >= 11 is 0. The van der Waals surface area contributed by atoms with Crippen molar-refractivity contribution in [1.29, 1.82) is 0 Å². The molecule has 3 rings (SSSR count). The van der Waals surface area contributed by atoms with Crippen LogP contribution in [0, 0.1) is 5.82 Å². The van der Waals surface area contributed by atoms with Crippen molar-refractivity contribution in [2.24, 2.45) is 0 Å². The Morgan fingerprint density at radius 2 is 1.82 bits per heavy atom. The Kier molecular flexibility index (Phi) is 2.65. The van der Waals surface area contributed by atoms with Gasteiger partial charge in [-0.25, -0.2) is 4.39 Å². The van der Waals surface area contributed by atoms with Crippen LogP contribution < -0.4 is 0 Å². The van der Waals surface area contributed by atoms with Crippen molar-refractivity contribution in [2.45, 2.75) is 13.0 Å². The zero-order chi connectivity index (χ0) is 11.7. The number of fused-ring (bicyclic) bond motifs is 1. The van der Waals surface area contributed by atoms with Crippen LogP contribution in [-0.4, -0.2) is 6.61 Å². The standard InChI is InChI=1S/C15H13FO/c16-13-6-4-12(5-7-13)14-3-1-2-11-8-9-17-10-15(11)14/h1-7H,8-10H2. The lowest BCUT2D eigenvalue weighted by Crippen LogP contribution is -2.10. The second-order valence-corrected chi connectivity index (χ2v) is 4.25. The molecule has 0 aromatic heterocycles. The molecular weight excluding hydrogens is 215 g/mol. The number of ether oxygens (including phenoxy) is 1. The molecule has 1 aliphatic heterocycles. The van der Waals surface area contributed by atoms with E-state index in [4.69, 9.17) is 4.74 Å². The van der Waals surface area contributed by atoms with E-state index in [1.54, 1.807) is 0 Å². The minimum absolute atomic E-state index is 0.199. The molecule has 0 saturated heterocycles. The maximum atomic E-state index is 12.9. The van der Waals surface area contributed by atoms with Crippen LogP contribution >= 0.6 is 0 Å². The van der Waals surface area contributed by atoms with E-state index in [2.05, 4.69) is 18.2 Å². The fraction of sp³-hybridized carbons (Fsp3) is 0.200. The Hall–Kier alpha value is -1.67. The molecule has 86 valence electrons. The van der Waals surface area contributed by atoms with Crippen LogP contribution in [0.4, 0.5) is 4.39 Å². The molecule has 1 aliphatic rings. The van der Waals surface area contributed by atoms with Gasteiger partial charge in [0.15, 0.2) is 0 Å². The van der Waals surface area contributed by atoms with Gasteiger partial charge in [0.25, 0.3) is 0 Å². The summed E-state index contributed by atoms with van der Waals surface area (Å²) < 4.78 is 18.4. The largest absolute Gasteiger partial charge is 0.376 e. The lowest BCUT2D eigenvalue weighted by Gasteiger charge is -2.19. The Balaban J connectivity index is 2.11. The molecule has 2 aromatic carbocycles. The van der Waals surface area contributed by atoms with Crippen molar-refractivity contribution in [3.8, 4) is 11.1 Å². The van der Waals surface area contributed by atoms with Gasteiger partial charge in [-0.3, -0.25) is 0 Å². The molecule has 0 fully saturated rings. The van der Waals surface area contributed by atoms with E-state index >= 15 is 0 Å². The summed E-state index contributed by atoms with van der Waals surface area (Å²) in [6, 6.07) is 12.9. The normalized spacial score (nSPS) is 14.4. The zero-order valence-corrected chi connectivity index (χ0v) is 9.45. The van der Waals surface area contributed by atoms with Gasteiger partial charge in [0.2, 0.25) is 0 Å². The van der Waals surface area contributed by atoms with Crippen molar-refractivity contribution >= 4 is 0 Å². The quantitative estimate of drug-likeness (QED) is 0.725. The molecule has 0 radical (unpaired) electrons. The SMILES string of the molecule is Fc1ccc(-c2cccc3c2COCC3)cc1. The Labute approximate surface area is 99.9 Å². The lowest BCUT2D eigenvalue weighted by atomic mass is 9.93. The van der Waals surface area contributed by atoms with E-state index in [0.717, 1.165) is 24.2 Å². The van der Waals surface area contributed by atoms with Crippen molar-refractivity contribution in [3.05, 3.63) is 59.4 Å². The summed E-state index contributed by atoms with van der Waals surface area (Å²) in [5, 5.41) is 0. The highest BCUT2D eigenvalue weighted by Gasteiger charge is 2.13. The molecule has 2 aromatic rings. The number of benzene rings is 2. The highest BCUT2D eigenvalue weighted by Crippen LogP contribution is 2.29. The van der Waals surface area contributed by atoms with Gasteiger partial charge in [-0.05, 0) is 40.8 Å². The summed E-state index contributed by atoms with van der Waals surface area (Å²) in [5.41, 5.74) is 4.79. The first-order chi connectivity index (χ1) is 8.34. The molecule has 0 unspecified atom stereocenters. The first-order valence-electron chi connectivity index (χ1n) is 5.79. The lowest BCUT2D eigenvalue weighted by molar-refractivity contribution is 0.111. The number of halogens is 1. The molecule has 0 atom stereocenters. The highest BCUT2D eigenvalue weighted by atomic mass is 19.1. The van der Waals surface area contributed by atoms with Crippen LogP contribution in [0.5, 0.6) is 0 Å². The van der Waals surface area contributed by atoms with Gasteiger partial charge in [-0.2, -0.15) is 0 Å². The van der Waals surface area contributed by atoms with E-state index < -0.39 is 0 Å². The minimum atomic E-state index is -0.199. The maximum Gasteiger partial charge on any atom is 0.123 e. The fourth-order valence-electron chi connectivity index (χ4n) is 2.30. The zero-order valence-electron chi connectivity index (χ0n) is 9.45. The predicted octanol–water partition coefficient (Wildman–Crippen LogP) is 3.57. The van der Waals surface area contributed by atoms with Crippen molar-refractivity contribution in [1.82, 2.24) is 0 Å². The Bertz CT molecular complexity index is 531. The minimum Gasteiger partial charge on any atom is -0.376 e. The Morgan fingerprint density at radius 1 is 1.00 bits per heavy atom. The predicted molar refractivity (Wildman–Crippen MR) is 65.2 cm³/mol. The van der Waals surface area contributed by atoms with Gasteiger partial charge in [0.1, 0.15) is 5.82 Å². The molecule has 0 aliphatic carbocycles. The van der Waals surface area contributed by atoms with E-state index in [-0.39, 0.29) is 5.82 Å². The number of hydrogen-bond donors (Lipinski definition) is 0. The molecule has 1 heterocycles. The van der Waals surface area contributed by atoms with Crippen molar-refractivity contribution < 1.29 is 9.13 Å². The third-order valence-electron chi connectivity index (χ3n) is 3.19. The van der Waals surface area contributed by atoms with Crippen LogP contribution in [0.2, 0.25) is 0 Å². The van der Waals surface area contributed by atoms with Gasteiger partial charge in [0, 0.05) is 0 Å². The second-order valence-electron chi connectivity index (χ2n) is 4.25. The molecule has 1 nitrogen and oxygen atoms in total. The average molecular weight is 228 g/mol. The third-order valence-corrected chi connectivity index (χ3v) is 3.19. The van der Waals surface area contributed by atoms with Crippen LogP contribution in [-0.2, 0) is 17.8 Å². The van der Waals surface area contributed by atoms with Crippen LogP contribution in [0.25, 0.3) is 11.1 Å². The van der Waals surface area contributed by atoms with Crippen LogP contribution in [0.3, 0.4) is 0 Å². The molecule has 17 heavy (non-hydrogen) atoms. The summed E-state index contributed by atoms with van der Waals surface area (Å²) in [6.45, 7) is 1.45. The van der Waals surface area contributed by atoms with Crippen LogP contribution in [0.1, 0.15) is 11.1 Å². The monoisotopic (exact) mass is 228 g/mol. The van der Waals surface area contributed by atoms with E-state index in [0.29, 0.717) is 6.61 Å². The fourth-order valence-corrected chi connectivity index (χ4v) is 2.30. The summed E-state index contributed by atoms with van der Waals surface area (Å²) in [6.07, 6.45) is 0.963. The smallest absolute Gasteiger partial charge is 0.123 e. The molecular formula is C15H13FO. The second kappa shape index (κ2) is 4.30. The van der Waals surface area contributed by atoms with Gasteiger partial charge >= 0.3 is 0 Å². The van der Waals surface area contributed by atoms with E-state index in [9.17, 15) is 4.39 Å². The first kappa shape index (κ1) is 10.5. The summed E-state index contributed by atoms with van der Waals surface area (Å²) in [4.78, 5) is 0. The molecule has 2 heteroatoms. The highest BCUT2D eigenvalue weighted by molar-refractivity contribution is 5.68. The summed E-state index contributed by atoms with van der Waals surface area (Å²) in [7, 11) is 0. The van der Waals surface area contributed by atoms with Crippen molar-refractivity contribution in [2.75, 3.05) is 6.61 Å². The molecule has 0 spiro atoms. The summed E-state index contributed by atoms with van der Waals surface area (Å²) in [5.74, 6) is -0.199. The molecule has 0 amide bonds. The van der Waals surface area contributed by atoms with Gasteiger partial charge in [-0.1, -0.05) is 30.3 Å². The van der Waals surface area contributed by atoms with Crippen molar-refractivity contribution in [3.63, 3.8) is 0 Å². The van der Waals surface area contributed by atoms with Gasteiger partial charge in [0.05, 0.1) is 13.2 Å². The van der Waals surface area contributed by atoms with E-state index in [1.807, 2.05) is 12.1 Å². The molecule has 0 bridgehead atoms. The van der Waals surface area contributed by atoms with Gasteiger partial charge < -0.3 is 4.74 Å². The van der Waals surface area contributed by atoms with E-state index in [1.165, 1.54) is 23.3 Å². The molecule has 0 saturated carbocycles. The average Bonchev–Trinajstić information content (AvgIpc) is 2.39. The first-order valence-corrected chi connectivity index (χ1v) is 5.79. The van der Waals surface area contributed by atoms with Gasteiger partial charge in [-0.15, -0.1) is 0 Å². The maximum absolute atomic E-state index is 12.9. The number of hydrogen-bond acceptors (Lipinski definition) is 1. The Morgan fingerprint density at radius 3 is 2.65 bits per heavy atom. The topological polar surface area (TPSA) is 9.23 Å². The molecule has 0 N–H and O–H groups in total. The number of rotatable bonds is 1. The van der Waals surface area contributed by atoms with Crippen LogP contribution in [0.15, 0.2) is 42.5 Å². The third kappa shape index (κ3) is 1.96.